The van der Waals surface area contributed by atoms with Crippen LogP contribution in [0.1, 0.15) is 11.4 Å². The maximum atomic E-state index is 6.06. The summed E-state index contributed by atoms with van der Waals surface area (Å²) in [5.74, 6) is 2.55. The zero-order valence-corrected chi connectivity index (χ0v) is 18.9. The highest BCUT2D eigenvalue weighted by Gasteiger charge is 2.18. The molecule has 34 heavy (non-hydrogen) atoms. The number of hydrogen-bond donors (Lipinski definition) is 2. The Bertz CT molecular complexity index is 1420. The first-order valence-corrected chi connectivity index (χ1v) is 11.2. The fourth-order valence-corrected chi connectivity index (χ4v) is 3.92. The molecule has 3 N–H and O–H groups in total. The van der Waals surface area contributed by atoms with Crippen molar-refractivity contribution in [3.63, 3.8) is 0 Å². The average molecular weight is 455 g/mol. The minimum atomic E-state index is 0.259. The lowest BCUT2D eigenvalue weighted by Gasteiger charge is -2.15. The Morgan fingerprint density at radius 2 is 1.71 bits per heavy atom. The van der Waals surface area contributed by atoms with Crippen molar-refractivity contribution in [2.24, 2.45) is 5.73 Å². The highest BCUT2D eigenvalue weighted by molar-refractivity contribution is 5.94. The normalized spacial score (nSPS) is 11.2. The molecule has 2 heterocycles. The van der Waals surface area contributed by atoms with E-state index >= 15 is 0 Å². The standard InChI is InChI=1S/C26H26N6O2/c1-33-14-15-34-22-13-7-10-19-24(22)30-26(31-25(19)28-17-18-8-3-2-4-9-18)32-21-12-6-5-11-20(21)29-23(32)16-27/h2-13H,14-17,27H2,1H3,(H,28,30,31). The van der Waals surface area contributed by atoms with Crippen molar-refractivity contribution in [3.05, 3.63) is 84.2 Å². The summed E-state index contributed by atoms with van der Waals surface area (Å²) in [6.45, 7) is 1.78. The van der Waals surface area contributed by atoms with Crippen LogP contribution in [0.3, 0.4) is 0 Å². The van der Waals surface area contributed by atoms with E-state index in [1.165, 1.54) is 0 Å². The molecule has 8 nitrogen and oxygen atoms in total. The van der Waals surface area contributed by atoms with Crippen LogP contribution >= 0.6 is 0 Å². The summed E-state index contributed by atoms with van der Waals surface area (Å²) in [4.78, 5) is 14.5. The predicted octanol–water partition coefficient (Wildman–Crippen LogP) is 4.06. The Balaban J connectivity index is 1.67. The van der Waals surface area contributed by atoms with E-state index in [2.05, 4.69) is 22.4 Å². The van der Waals surface area contributed by atoms with Crippen molar-refractivity contribution in [1.29, 1.82) is 0 Å². The van der Waals surface area contributed by atoms with Crippen LogP contribution in [0.5, 0.6) is 5.75 Å². The summed E-state index contributed by atoms with van der Waals surface area (Å²) >= 11 is 0. The van der Waals surface area contributed by atoms with Crippen molar-refractivity contribution in [1.82, 2.24) is 19.5 Å². The molecule has 0 fully saturated rings. The molecule has 2 aromatic heterocycles. The van der Waals surface area contributed by atoms with Gasteiger partial charge in [-0.2, -0.15) is 4.98 Å². The monoisotopic (exact) mass is 454 g/mol. The van der Waals surface area contributed by atoms with Gasteiger partial charge in [-0.1, -0.05) is 48.5 Å². The molecule has 0 spiro atoms. The smallest absolute Gasteiger partial charge is 0.238 e. The second-order valence-electron chi connectivity index (χ2n) is 7.76. The van der Waals surface area contributed by atoms with E-state index in [-0.39, 0.29) is 6.54 Å². The molecule has 3 aromatic carbocycles. The highest BCUT2D eigenvalue weighted by Crippen LogP contribution is 2.31. The van der Waals surface area contributed by atoms with Gasteiger partial charge in [0.1, 0.15) is 29.5 Å². The van der Waals surface area contributed by atoms with Crippen LogP contribution in [0, 0.1) is 0 Å². The van der Waals surface area contributed by atoms with Gasteiger partial charge in [0, 0.05) is 19.0 Å². The van der Waals surface area contributed by atoms with E-state index in [1.54, 1.807) is 7.11 Å². The number of hydrogen-bond acceptors (Lipinski definition) is 7. The van der Waals surface area contributed by atoms with Gasteiger partial charge in [0.2, 0.25) is 5.95 Å². The van der Waals surface area contributed by atoms with Crippen molar-refractivity contribution in [3.8, 4) is 11.7 Å². The van der Waals surface area contributed by atoms with Crippen molar-refractivity contribution in [2.75, 3.05) is 25.6 Å². The minimum absolute atomic E-state index is 0.259. The van der Waals surface area contributed by atoms with Gasteiger partial charge < -0.3 is 20.5 Å². The minimum Gasteiger partial charge on any atom is -0.489 e. The number of para-hydroxylation sites is 3. The molecular formula is C26H26N6O2. The Labute approximate surface area is 197 Å². The molecule has 0 saturated heterocycles. The number of nitrogens with one attached hydrogen (secondary N) is 1. The van der Waals surface area contributed by atoms with Gasteiger partial charge in [0.05, 0.1) is 24.2 Å². The first-order chi connectivity index (χ1) is 16.8. The number of fused-ring (bicyclic) bond motifs is 2. The molecule has 0 saturated carbocycles. The van der Waals surface area contributed by atoms with Gasteiger partial charge >= 0.3 is 0 Å². The van der Waals surface area contributed by atoms with Gasteiger partial charge in [-0.25, -0.2) is 9.97 Å². The van der Waals surface area contributed by atoms with Crippen LogP contribution in [-0.2, 0) is 17.8 Å². The average Bonchev–Trinajstić information content (AvgIpc) is 3.27. The number of imidazole rings is 1. The molecule has 0 aliphatic heterocycles. The molecule has 0 unspecified atom stereocenters. The SMILES string of the molecule is COCCOc1cccc2c(NCc3ccccc3)nc(-n3c(CN)nc4ccccc43)nc12. The Hall–Kier alpha value is -4.01. The number of nitrogens with two attached hydrogens (primary N) is 1. The predicted molar refractivity (Wildman–Crippen MR) is 133 cm³/mol. The summed E-state index contributed by atoms with van der Waals surface area (Å²) in [6, 6.07) is 23.9. The molecule has 8 heteroatoms. The van der Waals surface area contributed by atoms with E-state index in [0.717, 1.165) is 22.0 Å². The van der Waals surface area contributed by atoms with E-state index in [1.807, 2.05) is 65.2 Å². The number of benzene rings is 3. The second-order valence-corrected chi connectivity index (χ2v) is 7.76. The van der Waals surface area contributed by atoms with E-state index in [4.69, 9.17) is 25.2 Å². The quantitative estimate of drug-likeness (QED) is 0.324. The first-order valence-electron chi connectivity index (χ1n) is 11.2. The largest absolute Gasteiger partial charge is 0.489 e. The summed E-state index contributed by atoms with van der Waals surface area (Å²) in [5, 5.41) is 4.36. The summed E-state index contributed by atoms with van der Waals surface area (Å²) in [7, 11) is 1.65. The third kappa shape index (κ3) is 4.28. The number of rotatable bonds is 9. The van der Waals surface area contributed by atoms with Crippen LogP contribution in [0.25, 0.3) is 27.9 Å². The van der Waals surface area contributed by atoms with Gasteiger partial charge in [-0.3, -0.25) is 4.57 Å². The third-order valence-corrected chi connectivity index (χ3v) is 5.54. The Kier molecular flexibility index (Phi) is 6.33. The summed E-state index contributed by atoms with van der Waals surface area (Å²) in [6.07, 6.45) is 0. The van der Waals surface area contributed by atoms with Crippen LogP contribution in [-0.4, -0.2) is 39.8 Å². The van der Waals surface area contributed by atoms with Crippen LogP contribution in [0.15, 0.2) is 72.8 Å². The lowest BCUT2D eigenvalue weighted by Crippen LogP contribution is -2.12. The molecule has 0 radical (unpaired) electrons. The van der Waals surface area contributed by atoms with Crippen LogP contribution in [0.2, 0.25) is 0 Å². The number of nitrogens with zero attached hydrogens (tertiary/aromatic N) is 4. The number of ether oxygens (including phenoxy) is 2. The maximum Gasteiger partial charge on any atom is 0.238 e. The van der Waals surface area contributed by atoms with Crippen molar-refractivity contribution in [2.45, 2.75) is 13.1 Å². The number of anilines is 1. The molecule has 0 atom stereocenters. The summed E-state index contributed by atoms with van der Waals surface area (Å²) in [5.41, 5.74) is 9.66. The van der Waals surface area contributed by atoms with Crippen molar-refractivity contribution >= 4 is 27.8 Å². The molecular weight excluding hydrogens is 428 g/mol. The van der Waals surface area contributed by atoms with Crippen molar-refractivity contribution < 1.29 is 9.47 Å². The number of methoxy groups -OCH3 is 1. The molecule has 0 aliphatic carbocycles. The van der Waals surface area contributed by atoms with Gasteiger partial charge in [0.25, 0.3) is 0 Å². The molecule has 5 rings (SSSR count). The first kappa shape index (κ1) is 21.8. The topological polar surface area (TPSA) is 100 Å². The van der Waals surface area contributed by atoms with Gasteiger partial charge in [0.15, 0.2) is 0 Å². The fraction of sp³-hybridized carbons (Fsp3) is 0.192. The van der Waals surface area contributed by atoms with Crippen LogP contribution < -0.4 is 15.8 Å². The molecule has 0 aliphatic rings. The second kappa shape index (κ2) is 9.86. The zero-order chi connectivity index (χ0) is 23.3. The van der Waals surface area contributed by atoms with E-state index in [9.17, 15) is 0 Å². The number of aromatic nitrogens is 4. The zero-order valence-electron chi connectivity index (χ0n) is 18.9. The van der Waals surface area contributed by atoms with Gasteiger partial charge in [-0.05, 0) is 29.8 Å². The third-order valence-electron chi connectivity index (χ3n) is 5.54. The maximum absolute atomic E-state index is 6.06. The van der Waals surface area contributed by atoms with E-state index < -0.39 is 0 Å². The van der Waals surface area contributed by atoms with Crippen LogP contribution in [0.4, 0.5) is 5.82 Å². The highest BCUT2D eigenvalue weighted by atomic mass is 16.5. The van der Waals surface area contributed by atoms with E-state index in [0.29, 0.717) is 48.6 Å². The molecule has 172 valence electrons. The lowest BCUT2D eigenvalue weighted by atomic mass is 10.2. The fourth-order valence-electron chi connectivity index (χ4n) is 3.92. The Morgan fingerprint density at radius 1 is 0.882 bits per heavy atom. The van der Waals surface area contributed by atoms with Gasteiger partial charge in [-0.15, -0.1) is 0 Å². The summed E-state index contributed by atoms with van der Waals surface area (Å²) < 4.78 is 13.1. The molecule has 5 aromatic rings. The lowest BCUT2D eigenvalue weighted by molar-refractivity contribution is 0.147. The molecule has 0 bridgehead atoms. The Morgan fingerprint density at radius 3 is 2.53 bits per heavy atom. The molecule has 0 amide bonds.